The predicted molar refractivity (Wildman–Crippen MR) is 95.9 cm³/mol. The lowest BCUT2D eigenvalue weighted by Crippen LogP contribution is -2.37. The van der Waals surface area contributed by atoms with Crippen molar-refractivity contribution < 1.29 is 23.9 Å². The fraction of sp³-hybridized carbons (Fsp3) is 0.526. The number of imide groups is 1. The molecule has 3 amide bonds. The summed E-state index contributed by atoms with van der Waals surface area (Å²) in [6.45, 7) is 7.14. The lowest BCUT2D eigenvalue weighted by Gasteiger charge is -2.19. The molecule has 1 fully saturated rings. The Balaban J connectivity index is 1.62. The first-order valence-electron chi connectivity index (χ1n) is 8.74. The third-order valence-electron chi connectivity index (χ3n) is 4.03. The summed E-state index contributed by atoms with van der Waals surface area (Å²) in [5.74, 6) is -0.241. The van der Waals surface area contributed by atoms with E-state index in [4.69, 9.17) is 9.47 Å². The van der Waals surface area contributed by atoms with Crippen LogP contribution in [0.3, 0.4) is 0 Å². The zero-order chi connectivity index (χ0) is 19.2. The molecule has 0 unspecified atom stereocenters. The first kappa shape index (κ1) is 19.8. The molecule has 1 aliphatic heterocycles. The third-order valence-corrected chi connectivity index (χ3v) is 4.03. The number of benzene rings is 1. The van der Waals surface area contributed by atoms with Gasteiger partial charge in [-0.3, -0.25) is 14.5 Å². The summed E-state index contributed by atoms with van der Waals surface area (Å²) < 4.78 is 10.5. The van der Waals surface area contributed by atoms with Gasteiger partial charge < -0.3 is 14.8 Å². The molecule has 142 valence electrons. The van der Waals surface area contributed by atoms with Crippen LogP contribution in [0.2, 0.25) is 0 Å². The van der Waals surface area contributed by atoms with E-state index in [1.54, 1.807) is 0 Å². The van der Waals surface area contributed by atoms with E-state index in [0.29, 0.717) is 26.1 Å². The maximum absolute atomic E-state index is 11.7. The Morgan fingerprint density at radius 3 is 2.46 bits per heavy atom. The summed E-state index contributed by atoms with van der Waals surface area (Å²) in [5.41, 5.74) is 1.32. The monoisotopic (exact) mass is 362 g/mol. The molecule has 26 heavy (non-hydrogen) atoms. The molecular weight excluding hydrogens is 336 g/mol. The molecule has 0 aliphatic carbocycles. The van der Waals surface area contributed by atoms with E-state index in [2.05, 4.69) is 26.1 Å². The molecule has 1 saturated heterocycles. The first-order chi connectivity index (χ1) is 12.3. The minimum Gasteiger partial charge on any atom is -0.494 e. The highest BCUT2D eigenvalue weighted by Gasteiger charge is 2.26. The number of esters is 1. The van der Waals surface area contributed by atoms with E-state index >= 15 is 0 Å². The maximum atomic E-state index is 11.7. The van der Waals surface area contributed by atoms with E-state index in [-0.39, 0.29) is 11.8 Å². The highest BCUT2D eigenvalue weighted by Crippen LogP contribution is 2.24. The van der Waals surface area contributed by atoms with Crippen molar-refractivity contribution in [3.8, 4) is 5.75 Å². The fourth-order valence-electron chi connectivity index (χ4n) is 2.46. The van der Waals surface area contributed by atoms with Crippen molar-refractivity contribution in [3.05, 3.63) is 29.8 Å². The Hall–Kier alpha value is -2.57. The first-order valence-corrected chi connectivity index (χ1v) is 8.74. The summed E-state index contributed by atoms with van der Waals surface area (Å²) in [6.07, 6.45) is 0.637. The van der Waals surface area contributed by atoms with Gasteiger partial charge in [-0.15, -0.1) is 0 Å². The molecule has 1 aliphatic rings. The van der Waals surface area contributed by atoms with Gasteiger partial charge in [0.25, 0.3) is 5.91 Å². The van der Waals surface area contributed by atoms with Crippen LogP contribution in [-0.4, -0.2) is 49.1 Å². The number of amides is 3. The molecular formula is C19H26N2O5. The van der Waals surface area contributed by atoms with Crippen LogP contribution in [0.1, 0.15) is 39.2 Å². The number of hydrogen-bond acceptors (Lipinski definition) is 5. The van der Waals surface area contributed by atoms with Crippen molar-refractivity contribution in [2.75, 3.05) is 26.3 Å². The number of carbonyl (C=O) groups is 3. The quantitative estimate of drug-likeness (QED) is 0.594. The standard InChI is InChI=1S/C19H26N2O5/c1-19(2,3)14-6-8-15(9-7-14)25-12-4-5-17(23)26-13-16(22)21-11-10-20-18(21)24/h6-9H,4-5,10-13H2,1-3H3,(H,20,24). The molecule has 1 aromatic rings. The maximum Gasteiger partial charge on any atom is 0.324 e. The molecule has 0 spiro atoms. The highest BCUT2D eigenvalue weighted by atomic mass is 16.5. The van der Waals surface area contributed by atoms with Crippen LogP contribution in [-0.2, 0) is 19.7 Å². The second-order valence-corrected chi connectivity index (χ2v) is 7.16. The molecule has 7 nitrogen and oxygen atoms in total. The molecule has 1 N–H and O–H groups in total. The Morgan fingerprint density at radius 1 is 1.19 bits per heavy atom. The number of hydrogen-bond donors (Lipinski definition) is 1. The largest absolute Gasteiger partial charge is 0.494 e. The molecule has 7 heteroatoms. The molecule has 2 rings (SSSR count). The Labute approximate surface area is 153 Å². The number of nitrogens with one attached hydrogen (secondary N) is 1. The second kappa shape index (κ2) is 8.69. The van der Waals surface area contributed by atoms with Gasteiger partial charge in [0, 0.05) is 19.5 Å². The van der Waals surface area contributed by atoms with Gasteiger partial charge in [0.1, 0.15) is 5.75 Å². The molecule has 1 aromatic carbocycles. The molecule has 1 heterocycles. The van der Waals surface area contributed by atoms with Crippen molar-refractivity contribution in [2.45, 2.75) is 39.0 Å². The van der Waals surface area contributed by atoms with Crippen molar-refractivity contribution in [3.63, 3.8) is 0 Å². The van der Waals surface area contributed by atoms with E-state index in [0.717, 1.165) is 10.6 Å². The van der Waals surface area contributed by atoms with Crippen LogP contribution in [0.15, 0.2) is 24.3 Å². The summed E-state index contributed by atoms with van der Waals surface area (Å²) in [5, 5.41) is 2.52. The van der Waals surface area contributed by atoms with Crippen LogP contribution in [0, 0.1) is 0 Å². The van der Waals surface area contributed by atoms with Crippen LogP contribution in [0.5, 0.6) is 5.75 Å². The Kier molecular flexibility index (Phi) is 6.60. The molecule has 0 bridgehead atoms. The molecule has 0 aromatic heterocycles. The minimum atomic E-state index is -0.511. The van der Waals surface area contributed by atoms with Gasteiger partial charge in [0.2, 0.25) is 0 Å². The van der Waals surface area contributed by atoms with Crippen LogP contribution < -0.4 is 10.1 Å². The van der Waals surface area contributed by atoms with Crippen molar-refractivity contribution >= 4 is 17.9 Å². The smallest absolute Gasteiger partial charge is 0.324 e. The molecule has 0 atom stereocenters. The SMILES string of the molecule is CC(C)(C)c1ccc(OCCCC(=O)OCC(=O)N2CCNC2=O)cc1. The number of rotatable bonds is 7. The molecule has 0 radical (unpaired) electrons. The average Bonchev–Trinajstić information content (AvgIpc) is 3.02. The summed E-state index contributed by atoms with van der Waals surface area (Å²) >= 11 is 0. The minimum absolute atomic E-state index is 0.0927. The lowest BCUT2D eigenvalue weighted by molar-refractivity contribution is -0.150. The van der Waals surface area contributed by atoms with Gasteiger partial charge in [-0.1, -0.05) is 32.9 Å². The van der Waals surface area contributed by atoms with Crippen LogP contribution in [0.4, 0.5) is 4.79 Å². The van der Waals surface area contributed by atoms with Gasteiger partial charge >= 0.3 is 12.0 Å². The summed E-state index contributed by atoms with van der Waals surface area (Å²) in [4.78, 5) is 35.8. The normalized spacial score (nSPS) is 14.1. The van der Waals surface area contributed by atoms with Crippen LogP contribution in [0.25, 0.3) is 0 Å². The zero-order valence-electron chi connectivity index (χ0n) is 15.5. The van der Waals surface area contributed by atoms with Crippen LogP contribution >= 0.6 is 0 Å². The zero-order valence-corrected chi connectivity index (χ0v) is 15.5. The van der Waals surface area contributed by atoms with E-state index < -0.39 is 24.5 Å². The van der Waals surface area contributed by atoms with Crippen molar-refractivity contribution in [1.29, 1.82) is 0 Å². The summed E-state index contributed by atoms with van der Waals surface area (Å²) in [6, 6.07) is 7.45. The van der Waals surface area contributed by atoms with Gasteiger partial charge in [-0.05, 0) is 29.5 Å². The van der Waals surface area contributed by atoms with E-state index in [1.165, 1.54) is 5.56 Å². The van der Waals surface area contributed by atoms with Gasteiger partial charge in [-0.2, -0.15) is 0 Å². The Bertz CT molecular complexity index is 649. The number of nitrogens with zero attached hydrogens (tertiary/aromatic N) is 1. The molecule has 0 saturated carbocycles. The lowest BCUT2D eigenvalue weighted by atomic mass is 9.87. The number of ether oxygens (including phenoxy) is 2. The number of carbonyl (C=O) groups excluding carboxylic acids is 3. The van der Waals surface area contributed by atoms with Gasteiger partial charge in [-0.25, -0.2) is 4.79 Å². The van der Waals surface area contributed by atoms with Gasteiger partial charge in [0.15, 0.2) is 6.61 Å². The Morgan fingerprint density at radius 2 is 1.88 bits per heavy atom. The predicted octanol–water partition coefficient (Wildman–Crippen LogP) is 2.24. The second-order valence-electron chi connectivity index (χ2n) is 7.16. The number of urea groups is 1. The average molecular weight is 362 g/mol. The third kappa shape index (κ3) is 5.75. The van der Waals surface area contributed by atoms with E-state index in [9.17, 15) is 14.4 Å². The highest BCUT2D eigenvalue weighted by molar-refractivity contribution is 5.96. The topological polar surface area (TPSA) is 84.9 Å². The van der Waals surface area contributed by atoms with E-state index in [1.807, 2.05) is 24.3 Å². The summed E-state index contributed by atoms with van der Waals surface area (Å²) in [7, 11) is 0. The van der Waals surface area contributed by atoms with Crippen molar-refractivity contribution in [2.24, 2.45) is 0 Å². The fourth-order valence-corrected chi connectivity index (χ4v) is 2.46. The van der Waals surface area contributed by atoms with Gasteiger partial charge in [0.05, 0.1) is 6.61 Å². The van der Waals surface area contributed by atoms with Crippen molar-refractivity contribution in [1.82, 2.24) is 10.2 Å².